The van der Waals surface area contributed by atoms with Gasteiger partial charge in [0, 0.05) is 5.56 Å². The van der Waals surface area contributed by atoms with Gasteiger partial charge in [-0.3, -0.25) is 0 Å². The molecule has 124 valence electrons. The Morgan fingerprint density at radius 2 is 2.00 bits per heavy atom. The topological polar surface area (TPSA) is 76.7 Å². The molecule has 9 heteroatoms. The van der Waals surface area contributed by atoms with Gasteiger partial charge in [-0.2, -0.15) is 13.9 Å². The van der Waals surface area contributed by atoms with Crippen LogP contribution in [0.15, 0.2) is 34.8 Å². The second-order valence-corrected chi connectivity index (χ2v) is 5.66. The van der Waals surface area contributed by atoms with Crippen LogP contribution in [0.4, 0.5) is 8.78 Å². The first-order valence-corrected chi connectivity index (χ1v) is 7.50. The Morgan fingerprint density at radius 1 is 1.33 bits per heavy atom. The van der Waals surface area contributed by atoms with E-state index in [4.69, 9.17) is 0 Å². The van der Waals surface area contributed by atoms with Crippen LogP contribution in [0.25, 0.3) is 16.9 Å². The van der Waals surface area contributed by atoms with Crippen LogP contribution in [0.2, 0.25) is 0 Å². The number of aryl methyl sites for hydroxylation is 1. The number of hydrogen-bond acceptors (Lipinski definition) is 4. The Hall–Kier alpha value is -2.55. The van der Waals surface area contributed by atoms with Gasteiger partial charge in [-0.25, -0.2) is 14.3 Å². The Bertz CT molecular complexity index is 926. The first kappa shape index (κ1) is 16.3. The van der Waals surface area contributed by atoms with E-state index in [0.717, 1.165) is 0 Å². The second kappa shape index (κ2) is 6.16. The number of alkyl halides is 2. The monoisotopic (exact) mass is 397 g/mol. The largest absolute Gasteiger partial charge is 0.477 e. The Balaban J connectivity index is 2.12. The maximum atomic E-state index is 12.2. The average Bonchev–Trinajstić information content (AvgIpc) is 2.81. The molecule has 0 fully saturated rings. The standard InChI is InChI=1S/C15H10BrF2N3O3/c1-7-12(16)13-19-10(6-11(14(22)23)21(13)20-7)8-2-4-9(5-3-8)24-15(17)18/h2-6,15H,1H3,(H,22,23). The fourth-order valence-electron chi connectivity index (χ4n) is 2.20. The third-order valence-electron chi connectivity index (χ3n) is 3.29. The maximum Gasteiger partial charge on any atom is 0.387 e. The van der Waals surface area contributed by atoms with E-state index >= 15 is 0 Å². The summed E-state index contributed by atoms with van der Waals surface area (Å²) >= 11 is 3.34. The minimum absolute atomic E-state index is 0.00895. The highest BCUT2D eigenvalue weighted by Crippen LogP contribution is 2.27. The Morgan fingerprint density at radius 3 is 2.58 bits per heavy atom. The molecule has 3 aromatic rings. The SMILES string of the molecule is Cc1nn2c(C(=O)O)cc(-c3ccc(OC(F)F)cc3)nc2c1Br. The van der Waals surface area contributed by atoms with Gasteiger partial charge < -0.3 is 9.84 Å². The van der Waals surface area contributed by atoms with Crippen molar-refractivity contribution < 1.29 is 23.4 Å². The van der Waals surface area contributed by atoms with Crippen molar-refractivity contribution in [3.05, 3.63) is 46.2 Å². The van der Waals surface area contributed by atoms with Crippen molar-refractivity contribution >= 4 is 27.5 Å². The lowest BCUT2D eigenvalue weighted by atomic mass is 10.1. The van der Waals surface area contributed by atoms with Crippen molar-refractivity contribution in [1.29, 1.82) is 0 Å². The molecule has 0 atom stereocenters. The average molecular weight is 398 g/mol. The van der Waals surface area contributed by atoms with Crippen LogP contribution >= 0.6 is 15.9 Å². The highest BCUT2D eigenvalue weighted by molar-refractivity contribution is 9.10. The Labute approximate surface area is 142 Å². The molecule has 0 spiro atoms. The van der Waals surface area contributed by atoms with Crippen LogP contribution < -0.4 is 4.74 Å². The molecular formula is C15H10BrF2N3O3. The van der Waals surface area contributed by atoms with Gasteiger partial charge in [0.05, 0.1) is 15.9 Å². The van der Waals surface area contributed by atoms with Gasteiger partial charge in [-0.05, 0) is 53.2 Å². The lowest BCUT2D eigenvalue weighted by Crippen LogP contribution is -2.08. The summed E-state index contributed by atoms with van der Waals surface area (Å²) < 4.78 is 30.5. The molecule has 0 aliphatic heterocycles. The van der Waals surface area contributed by atoms with Crippen molar-refractivity contribution in [2.75, 3.05) is 0 Å². The van der Waals surface area contributed by atoms with Crippen molar-refractivity contribution in [1.82, 2.24) is 14.6 Å². The molecule has 0 amide bonds. The number of ether oxygens (including phenoxy) is 1. The van der Waals surface area contributed by atoms with Gasteiger partial charge in [0.15, 0.2) is 11.3 Å². The zero-order chi connectivity index (χ0) is 17.4. The molecule has 0 bridgehead atoms. The number of aromatic carboxylic acids is 1. The molecule has 0 radical (unpaired) electrons. The summed E-state index contributed by atoms with van der Waals surface area (Å²) in [5.74, 6) is -1.15. The zero-order valence-corrected chi connectivity index (χ0v) is 13.8. The number of carbonyl (C=O) groups is 1. The highest BCUT2D eigenvalue weighted by Gasteiger charge is 2.18. The van der Waals surface area contributed by atoms with E-state index in [2.05, 4.69) is 30.7 Å². The summed E-state index contributed by atoms with van der Waals surface area (Å²) in [6.07, 6.45) is 0. The van der Waals surface area contributed by atoms with E-state index < -0.39 is 12.6 Å². The molecule has 0 unspecified atom stereocenters. The Kier molecular flexibility index (Phi) is 4.18. The smallest absolute Gasteiger partial charge is 0.387 e. The molecule has 0 saturated carbocycles. The minimum atomic E-state index is -2.91. The summed E-state index contributed by atoms with van der Waals surface area (Å²) in [5.41, 5.74) is 1.84. The fraction of sp³-hybridized carbons (Fsp3) is 0.133. The molecule has 3 rings (SSSR count). The fourth-order valence-corrected chi connectivity index (χ4v) is 2.54. The summed E-state index contributed by atoms with van der Waals surface area (Å²) in [4.78, 5) is 15.9. The second-order valence-electron chi connectivity index (χ2n) is 4.87. The summed E-state index contributed by atoms with van der Waals surface area (Å²) in [7, 11) is 0. The first-order valence-electron chi connectivity index (χ1n) is 6.71. The molecule has 1 aromatic carbocycles. The summed E-state index contributed by atoms with van der Waals surface area (Å²) in [6, 6.07) is 7.16. The number of hydrogen-bond donors (Lipinski definition) is 1. The molecule has 0 saturated heterocycles. The molecule has 0 aliphatic carbocycles. The van der Waals surface area contributed by atoms with Crippen LogP contribution in [-0.4, -0.2) is 32.3 Å². The van der Waals surface area contributed by atoms with Crippen molar-refractivity contribution in [2.45, 2.75) is 13.5 Å². The molecule has 6 nitrogen and oxygen atoms in total. The number of halogens is 3. The predicted molar refractivity (Wildman–Crippen MR) is 84.5 cm³/mol. The van der Waals surface area contributed by atoms with Crippen LogP contribution in [0, 0.1) is 6.92 Å². The predicted octanol–water partition coefficient (Wildman–Crippen LogP) is 3.77. The lowest BCUT2D eigenvalue weighted by Gasteiger charge is -2.07. The van der Waals surface area contributed by atoms with E-state index in [1.54, 1.807) is 6.92 Å². The van der Waals surface area contributed by atoms with Crippen LogP contribution in [0.1, 0.15) is 16.2 Å². The molecule has 2 heterocycles. The van der Waals surface area contributed by atoms with Crippen molar-refractivity contribution in [3.63, 3.8) is 0 Å². The number of carboxylic acids is 1. The number of nitrogens with zero attached hydrogens (tertiary/aromatic N) is 3. The maximum absolute atomic E-state index is 12.2. The number of rotatable bonds is 4. The van der Waals surface area contributed by atoms with Gasteiger partial charge in [-0.1, -0.05) is 0 Å². The van der Waals surface area contributed by atoms with Crippen molar-refractivity contribution in [3.8, 4) is 17.0 Å². The van der Waals surface area contributed by atoms with E-state index in [1.807, 2.05) is 0 Å². The first-order chi connectivity index (χ1) is 11.4. The highest BCUT2D eigenvalue weighted by atomic mass is 79.9. The van der Waals surface area contributed by atoms with E-state index in [0.29, 0.717) is 27.1 Å². The normalized spacial score (nSPS) is 11.2. The molecule has 24 heavy (non-hydrogen) atoms. The zero-order valence-electron chi connectivity index (χ0n) is 12.2. The van der Waals surface area contributed by atoms with Gasteiger partial charge in [-0.15, -0.1) is 0 Å². The van der Waals surface area contributed by atoms with Crippen LogP contribution in [0.5, 0.6) is 5.75 Å². The van der Waals surface area contributed by atoms with E-state index in [1.165, 1.54) is 34.8 Å². The van der Waals surface area contributed by atoms with E-state index in [-0.39, 0.29) is 11.4 Å². The van der Waals surface area contributed by atoms with Gasteiger partial charge in [0.25, 0.3) is 0 Å². The minimum Gasteiger partial charge on any atom is -0.477 e. The molecular weight excluding hydrogens is 388 g/mol. The number of fused-ring (bicyclic) bond motifs is 1. The molecule has 0 aliphatic rings. The van der Waals surface area contributed by atoms with Gasteiger partial charge >= 0.3 is 12.6 Å². The van der Waals surface area contributed by atoms with Gasteiger partial charge in [0.1, 0.15) is 5.75 Å². The lowest BCUT2D eigenvalue weighted by molar-refractivity contribution is -0.0498. The van der Waals surface area contributed by atoms with Crippen molar-refractivity contribution in [2.24, 2.45) is 0 Å². The summed E-state index contributed by atoms with van der Waals surface area (Å²) in [5, 5.41) is 13.5. The van der Waals surface area contributed by atoms with Gasteiger partial charge in [0.2, 0.25) is 0 Å². The van der Waals surface area contributed by atoms with Crippen LogP contribution in [-0.2, 0) is 0 Å². The third-order valence-corrected chi connectivity index (χ3v) is 4.22. The molecule has 2 aromatic heterocycles. The number of benzene rings is 1. The summed E-state index contributed by atoms with van der Waals surface area (Å²) in [6.45, 7) is -1.18. The number of aromatic nitrogens is 3. The van der Waals surface area contributed by atoms with Crippen LogP contribution in [0.3, 0.4) is 0 Å². The molecule has 1 N–H and O–H groups in total. The quantitative estimate of drug-likeness (QED) is 0.724. The third kappa shape index (κ3) is 2.94. The van der Waals surface area contributed by atoms with E-state index in [9.17, 15) is 18.7 Å². The number of carboxylic acid groups (broad SMARTS) is 1.